The van der Waals surface area contributed by atoms with E-state index in [4.69, 9.17) is 5.73 Å². The molecule has 104 valence electrons. The van der Waals surface area contributed by atoms with Gasteiger partial charge in [-0.2, -0.15) is 4.37 Å². The van der Waals surface area contributed by atoms with Crippen molar-refractivity contribution in [1.82, 2.24) is 19.3 Å². The van der Waals surface area contributed by atoms with E-state index in [0.29, 0.717) is 0 Å². The number of rotatable bonds is 2. The van der Waals surface area contributed by atoms with Gasteiger partial charge in [0, 0.05) is 11.1 Å². The quantitative estimate of drug-likeness (QED) is 0.709. The van der Waals surface area contributed by atoms with E-state index >= 15 is 0 Å². The highest BCUT2D eigenvalue weighted by Crippen LogP contribution is 2.31. The van der Waals surface area contributed by atoms with Crippen LogP contribution in [-0.4, -0.2) is 19.3 Å². The maximum Gasteiger partial charge on any atom is 0.177 e. The number of fused-ring (bicyclic) bond motifs is 1. The molecule has 3 aromatic rings. The van der Waals surface area contributed by atoms with Gasteiger partial charge in [0.1, 0.15) is 5.82 Å². The second kappa shape index (κ2) is 4.75. The summed E-state index contributed by atoms with van der Waals surface area (Å²) in [6.07, 6.45) is 0. The van der Waals surface area contributed by atoms with E-state index in [0.717, 1.165) is 32.0 Å². The summed E-state index contributed by atoms with van der Waals surface area (Å²) in [4.78, 5) is 12.3. The summed E-state index contributed by atoms with van der Waals surface area (Å²) in [5, 5.41) is 0.808. The van der Waals surface area contributed by atoms with Crippen LogP contribution in [0.3, 0.4) is 0 Å². The van der Waals surface area contributed by atoms with Crippen molar-refractivity contribution in [2.24, 2.45) is 0 Å². The molecule has 0 aliphatic rings. The van der Waals surface area contributed by atoms with Gasteiger partial charge in [0.25, 0.3) is 0 Å². The standard InChI is InChI=1S/C13H15N5S2/c1-13(2,3)10-17-12(20-18-10)19-11-15-8-5-4-7(14)6-9(8)16-11/h4-6H,14H2,1-3H3,(H,15,16). The van der Waals surface area contributed by atoms with Crippen LogP contribution < -0.4 is 5.73 Å². The molecule has 0 unspecified atom stereocenters. The van der Waals surface area contributed by atoms with E-state index in [9.17, 15) is 0 Å². The fraction of sp³-hybridized carbons (Fsp3) is 0.308. The topological polar surface area (TPSA) is 80.5 Å². The number of aromatic nitrogens is 4. The first-order valence-corrected chi connectivity index (χ1v) is 7.78. The minimum absolute atomic E-state index is 0.0301. The second-order valence-corrected chi connectivity index (χ2v) is 7.54. The van der Waals surface area contributed by atoms with Crippen LogP contribution >= 0.6 is 23.3 Å². The van der Waals surface area contributed by atoms with Crippen molar-refractivity contribution >= 4 is 40.0 Å². The summed E-state index contributed by atoms with van der Waals surface area (Å²) in [5.74, 6) is 0.866. The Morgan fingerprint density at radius 2 is 2.05 bits per heavy atom. The van der Waals surface area contributed by atoms with Crippen molar-refractivity contribution in [3.63, 3.8) is 0 Å². The molecule has 0 fully saturated rings. The normalized spacial score (nSPS) is 12.2. The average Bonchev–Trinajstić information content (AvgIpc) is 2.94. The van der Waals surface area contributed by atoms with Gasteiger partial charge in [0.2, 0.25) is 0 Å². The van der Waals surface area contributed by atoms with Crippen LogP contribution in [0.2, 0.25) is 0 Å². The van der Waals surface area contributed by atoms with Crippen molar-refractivity contribution in [2.45, 2.75) is 35.7 Å². The van der Waals surface area contributed by atoms with E-state index < -0.39 is 0 Å². The molecule has 0 atom stereocenters. The number of nitrogens with zero attached hydrogens (tertiary/aromatic N) is 3. The predicted octanol–water partition coefficient (Wildman–Crippen LogP) is 3.45. The van der Waals surface area contributed by atoms with Crippen molar-refractivity contribution in [3.8, 4) is 0 Å². The Morgan fingerprint density at radius 3 is 2.75 bits per heavy atom. The van der Waals surface area contributed by atoms with Crippen molar-refractivity contribution in [3.05, 3.63) is 24.0 Å². The largest absolute Gasteiger partial charge is 0.399 e. The summed E-state index contributed by atoms with van der Waals surface area (Å²) in [5.41, 5.74) is 8.30. The van der Waals surface area contributed by atoms with E-state index in [-0.39, 0.29) is 5.41 Å². The molecular formula is C13H15N5S2. The summed E-state index contributed by atoms with van der Waals surface area (Å²) < 4.78 is 5.29. The predicted molar refractivity (Wildman–Crippen MR) is 83.2 cm³/mol. The zero-order valence-corrected chi connectivity index (χ0v) is 13.1. The van der Waals surface area contributed by atoms with Crippen LogP contribution in [0.4, 0.5) is 5.69 Å². The monoisotopic (exact) mass is 305 g/mol. The Balaban J connectivity index is 1.87. The molecule has 7 heteroatoms. The third-order valence-electron chi connectivity index (χ3n) is 2.75. The third-order valence-corrected chi connectivity index (χ3v) is 4.38. The molecule has 0 amide bonds. The van der Waals surface area contributed by atoms with Crippen LogP contribution in [0.25, 0.3) is 11.0 Å². The van der Waals surface area contributed by atoms with Crippen LogP contribution in [-0.2, 0) is 5.41 Å². The van der Waals surface area contributed by atoms with Crippen molar-refractivity contribution in [1.29, 1.82) is 0 Å². The Bertz CT molecular complexity index is 754. The molecule has 2 heterocycles. The molecule has 0 aliphatic heterocycles. The zero-order chi connectivity index (χ0) is 14.3. The van der Waals surface area contributed by atoms with Gasteiger partial charge in [0.15, 0.2) is 9.50 Å². The zero-order valence-electron chi connectivity index (χ0n) is 11.5. The summed E-state index contributed by atoms with van der Waals surface area (Å²) in [6.45, 7) is 6.31. The number of nitrogens with two attached hydrogens (primary N) is 1. The lowest BCUT2D eigenvalue weighted by atomic mass is 9.96. The molecule has 5 nitrogen and oxygen atoms in total. The number of aromatic amines is 1. The number of hydrogen-bond acceptors (Lipinski definition) is 6. The molecule has 2 aromatic heterocycles. The number of hydrogen-bond donors (Lipinski definition) is 2. The molecule has 0 bridgehead atoms. The smallest absolute Gasteiger partial charge is 0.177 e. The molecule has 3 N–H and O–H groups in total. The average molecular weight is 305 g/mol. The Labute approximate surface area is 125 Å². The molecule has 3 rings (SSSR count). The molecule has 0 radical (unpaired) electrons. The van der Waals surface area contributed by atoms with Gasteiger partial charge in [-0.05, 0) is 41.5 Å². The summed E-state index contributed by atoms with van der Waals surface area (Å²) in [7, 11) is 0. The lowest BCUT2D eigenvalue weighted by molar-refractivity contribution is 0.551. The molecule has 0 saturated carbocycles. The van der Waals surface area contributed by atoms with Crippen LogP contribution in [0.15, 0.2) is 27.7 Å². The third kappa shape index (κ3) is 2.64. The fourth-order valence-corrected chi connectivity index (χ4v) is 3.40. The first-order valence-electron chi connectivity index (χ1n) is 6.19. The van der Waals surface area contributed by atoms with E-state index in [2.05, 4.69) is 40.1 Å². The minimum Gasteiger partial charge on any atom is -0.399 e. The van der Waals surface area contributed by atoms with Gasteiger partial charge >= 0.3 is 0 Å². The highest BCUT2D eigenvalue weighted by Gasteiger charge is 2.20. The Morgan fingerprint density at radius 1 is 1.25 bits per heavy atom. The molecule has 0 spiro atoms. The molecule has 1 aromatic carbocycles. The number of nitrogens with one attached hydrogen (secondary N) is 1. The molecular weight excluding hydrogens is 290 g/mol. The maximum atomic E-state index is 5.76. The summed E-state index contributed by atoms with van der Waals surface area (Å²) in [6, 6.07) is 5.64. The van der Waals surface area contributed by atoms with Gasteiger partial charge in [-0.25, -0.2) is 9.97 Å². The second-order valence-electron chi connectivity index (χ2n) is 5.55. The van der Waals surface area contributed by atoms with Crippen molar-refractivity contribution < 1.29 is 0 Å². The SMILES string of the molecule is CC(C)(C)c1nsc(Sc2nc3ccc(N)cc3[nH]2)n1. The van der Waals surface area contributed by atoms with Crippen molar-refractivity contribution in [2.75, 3.05) is 5.73 Å². The maximum absolute atomic E-state index is 5.76. The van der Waals surface area contributed by atoms with E-state index in [1.807, 2.05) is 18.2 Å². The highest BCUT2D eigenvalue weighted by atomic mass is 32.2. The number of anilines is 1. The van der Waals surface area contributed by atoms with Gasteiger partial charge < -0.3 is 10.7 Å². The van der Waals surface area contributed by atoms with E-state index in [1.165, 1.54) is 23.3 Å². The summed E-state index contributed by atoms with van der Waals surface area (Å²) >= 11 is 2.90. The Hall–Kier alpha value is -1.60. The van der Waals surface area contributed by atoms with Gasteiger partial charge in [-0.15, -0.1) is 0 Å². The van der Waals surface area contributed by atoms with Crippen LogP contribution in [0, 0.1) is 0 Å². The fourth-order valence-electron chi connectivity index (χ4n) is 1.69. The number of benzene rings is 1. The number of H-pyrrole nitrogens is 1. The molecule has 0 aliphatic carbocycles. The first-order chi connectivity index (χ1) is 9.41. The van der Waals surface area contributed by atoms with Crippen LogP contribution in [0.1, 0.15) is 26.6 Å². The van der Waals surface area contributed by atoms with Crippen LogP contribution in [0.5, 0.6) is 0 Å². The van der Waals surface area contributed by atoms with E-state index in [1.54, 1.807) is 0 Å². The number of nitrogen functional groups attached to an aromatic ring is 1. The lowest BCUT2D eigenvalue weighted by Crippen LogP contribution is -2.12. The number of imidazole rings is 1. The Kier molecular flexibility index (Phi) is 3.18. The van der Waals surface area contributed by atoms with Gasteiger partial charge in [-0.3, -0.25) is 0 Å². The van der Waals surface area contributed by atoms with Gasteiger partial charge in [-0.1, -0.05) is 20.8 Å². The lowest BCUT2D eigenvalue weighted by Gasteiger charge is -2.11. The highest BCUT2D eigenvalue weighted by molar-refractivity contribution is 8.00. The molecule has 0 saturated heterocycles. The molecule has 20 heavy (non-hydrogen) atoms. The van der Waals surface area contributed by atoms with Gasteiger partial charge in [0.05, 0.1) is 11.0 Å². The first kappa shape index (κ1) is 13.4. The minimum atomic E-state index is -0.0301.